The van der Waals surface area contributed by atoms with Crippen LogP contribution in [0.2, 0.25) is 0 Å². The van der Waals surface area contributed by atoms with Gasteiger partial charge in [0.1, 0.15) is 0 Å². The average Bonchev–Trinajstić information content (AvgIpc) is 2.74. The molecule has 0 saturated carbocycles. The molecule has 3 amide bonds. The Bertz CT molecular complexity index is 751. The number of hydrogen-bond donors (Lipinski definition) is 1. The van der Waals surface area contributed by atoms with Crippen molar-refractivity contribution in [1.29, 1.82) is 0 Å². The van der Waals surface area contributed by atoms with E-state index in [1.807, 2.05) is 30.9 Å². The lowest BCUT2D eigenvalue weighted by atomic mass is 10.1. The molecular weight excluding hydrogens is 380 g/mol. The highest BCUT2D eigenvalue weighted by molar-refractivity contribution is 6.02. The molecule has 7 heteroatoms. The Kier molecular flexibility index (Phi) is 8.69. The molecule has 1 aliphatic rings. The molecule has 1 heterocycles. The van der Waals surface area contributed by atoms with Gasteiger partial charge in [0.2, 0.25) is 11.8 Å². The second-order valence-electron chi connectivity index (χ2n) is 8.08. The highest BCUT2D eigenvalue weighted by Crippen LogP contribution is 2.27. The number of amides is 3. The molecule has 1 saturated heterocycles. The zero-order valence-corrected chi connectivity index (χ0v) is 19.0. The summed E-state index contributed by atoms with van der Waals surface area (Å²) in [6.07, 6.45) is 0.949. The molecule has 30 heavy (non-hydrogen) atoms. The molecule has 1 N–H and O–H groups in total. The predicted molar refractivity (Wildman–Crippen MR) is 121 cm³/mol. The molecule has 1 aromatic carbocycles. The number of nitrogens with one attached hydrogen (secondary N) is 1. The summed E-state index contributed by atoms with van der Waals surface area (Å²) in [6.45, 7) is 13.7. The maximum absolute atomic E-state index is 13.2. The quantitative estimate of drug-likeness (QED) is 0.706. The highest BCUT2D eigenvalue weighted by atomic mass is 16.2. The molecule has 0 unspecified atom stereocenters. The SMILES string of the molecule is CCC(=O)Nc1ccc(N2CCN(C(=O)CC(C)C)CC2)c(C(=O)N(CC)CC)c1. The van der Waals surface area contributed by atoms with Crippen LogP contribution in [0.3, 0.4) is 0 Å². The molecule has 1 fully saturated rings. The smallest absolute Gasteiger partial charge is 0.256 e. The van der Waals surface area contributed by atoms with E-state index in [9.17, 15) is 14.4 Å². The number of nitrogens with zero attached hydrogens (tertiary/aromatic N) is 3. The van der Waals surface area contributed by atoms with Crippen molar-refractivity contribution in [3.63, 3.8) is 0 Å². The van der Waals surface area contributed by atoms with Crippen LogP contribution >= 0.6 is 0 Å². The lowest BCUT2D eigenvalue weighted by Gasteiger charge is -2.37. The first-order valence-corrected chi connectivity index (χ1v) is 11.1. The van der Waals surface area contributed by atoms with E-state index in [1.165, 1.54) is 0 Å². The first-order chi connectivity index (χ1) is 14.3. The van der Waals surface area contributed by atoms with Crippen LogP contribution in [0, 0.1) is 5.92 Å². The van der Waals surface area contributed by atoms with Crippen molar-refractivity contribution < 1.29 is 14.4 Å². The number of anilines is 2. The molecule has 0 radical (unpaired) electrons. The van der Waals surface area contributed by atoms with Gasteiger partial charge in [-0.1, -0.05) is 20.8 Å². The van der Waals surface area contributed by atoms with Crippen molar-refractivity contribution in [1.82, 2.24) is 9.80 Å². The largest absolute Gasteiger partial charge is 0.367 e. The summed E-state index contributed by atoms with van der Waals surface area (Å²) in [7, 11) is 0. The van der Waals surface area contributed by atoms with Crippen LogP contribution in [0.5, 0.6) is 0 Å². The number of rotatable bonds is 8. The Labute approximate surface area is 180 Å². The summed E-state index contributed by atoms with van der Waals surface area (Å²) < 4.78 is 0. The zero-order chi connectivity index (χ0) is 22.3. The molecule has 0 aliphatic carbocycles. The van der Waals surface area contributed by atoms with Gasteiger partial charge in [-0.3, -0.25) is 14.4 Å². The highest BCUT2D eigenvalue weighted by Gasteiger charge is 2.26. The number of carbonyl (C=O) groups excluding carboxylic acids is 3. The van der Waals surface area contributed by atoms with E-state index in [4.69, 9.17) is 0 Å². The van der Waals surface area contributed by atoms with Crippen molar-refractivity contribution in [2.75, 3.05) is 49.5 Å². The minimum Gasteiger partial charge on any atom is -0.367 e. The molecule has 7 nitrogen and oxygen atoms in total. The van der Waals surface area contributed by atoms with E-state index in [2.05, 4.69) is 24.1 Å². The molecule has 0 bridgehead atoms. The zero-order valence-electron chi connectivity index (χ0n) is 19.0. The summed E-state index contributed by atoms with van der Waals surface area (Å²) in [4.78, 5) is 43.3. The summed E-state index contributed by atoms with van der Waals surface area (Å²) in [5.74, 6) is 0.420. The van der Waals surface area contributed by atoms with E-state index in [0.29, 0.717) is 69.3 Å². The Balaban J connectivity index is 2.25. The lowest BCUT2D eigenvalue weighted by Crippen LogP contribution is -2.49. The topological polar surface area (TPSA) is 73.0 Å². The summed E-state index contributed by atoms with van der Waals surface area (Å²) in [6, 6.07) is 5.53. The van der Waals surface area contributed by atoms with E-state index < -0.39 is 0 Å². The summed E-state index contributed by atoms with van der Waals surface area (Å²) in [5, 5.41) is 2.85. The van der Waals surface area contributed by atoms with Gasteiger partial charge in [0.25, 0.3) is 5.91 Å². The van der Waals surface area contributed by atoms with Gasteiger partial charge in [-0.15, -0.1) is 0 Å². The van der Waals surface area contributed by atoms with Gasteiger partial charge >= 0.3 is 0 Å². The standard InChI is InChI=1S/C23H36N4O3/c1-6-21(28)24-18-9-10-20(19(16-18)23(30)25(7-2)8-3)26-11-13-27(14-12-26)22(29)15-17(4)5/h9-10,16-17H,6-8,11-15H2,1-5H3,(H,24,28). The normalized spacial score (nSPS) is 14.1. The Morgan fingerprint density at radius 1 is 1.03 bits per heavy atom. The Hall–Kier alpha value is -2.57. The fourth-order valence-corrected chi connectivity index (χ4v) is 3.67. The van der Waals surface area contributed by atoms with Crippen LogP contribution in [0.4, 0.5) is 11.4 Å². The van der Waals surface area contributed by atoms with Crippen LogP contribution < -0.4 is 10.2 Å². The number of hydrogen-bond acceptors (Lipinski definition) is 4. The van der Waals surface area contributed by atoms with Gasteiger partial charge in [-0.2, -0.15) is 0 Å². The number of piperazine rings is 1. The van der Waals surface area contributed by atoms with Gasteiger partial charge in [-0.25, -0.2) is 0 Å². The second kappa shape index (κ2) is 11.0. The number of carbonyl (C=O) groups is 3. The van der Waals surface area contributed by atoms with E-state index in [-0.39, 0.29) is 17.7 Å². The fourth-order valence-electron chi connectivity index (χ4n) is 3.67. The molecule has 0 spiro atoms. The summed E-state index contributed by atoms with van der Waals surface area (Å²) >= 11 is 0. The Morgan fingerprint density at radius 2 is 1.67 bits per heavy atom. The first-order valence-electron chi connectivity index (χ1n) is 11.1. The van der Waals surface area contributed by atoms with Gasteiger partial charge in [0.15, 0.2) is 0 Å². The fraction of sp³-hybridized carbons (Fsp3) is 0.609. The minimum atomic E-state index is -0.0822. The maximum atomic E-state index is 13.2. The van der Waals surface area contributed by atoms with Crippen LogP contribution in [0.1, 0.15) is 57.8 Å². The molecule has 2 rings (SSSR count). The molecule has 1 aromatic rings. The second-order valence-corrected chi connectivity index (χ2v) is 8.08. The Morgan fingerprint density at radius 3 is 2.20 bits per heavy atom. The first kappa shape index (κ1) is 23.7. The van der Waals surface area contributed by atoms with Gasteiger partial charge in [0.05, 0.1) is 5.56 Å². The van der Waals surface area contributed by atoms with Crippen molar-refractivity contribution in [2.45, 2.75) is 47.5 Å². The van der Waals surface area contributed by atoms with Crippen molar-refractivity contribution >= 4 is 29.1 Å². The van der Waals surface area contributed by atoms with Crippen molar-refractivity contribution in [3.8, 4) is 0 Å². The molecule has 0 aromatic heterocycles. The molecule has 1 aliphatic heterocycles. The third-order valence-electron chi connectivity index (χ3n) is 5.44. The van der Waals surface area contributed by atoms with E-state index >= 15 is 0 Å². The van der Waals surface area contributed by atoms with Crippen LogP contribution in [0.25, 0.3) is 0 Å². The molecule has 166 valence electrons. The van der Waals surface area contributed by atoms with Crippen LogP contribution in [-0.2, 0) is 9.59 Å². The van der Waals surface area contributed by atoms with E-state index in [1.54, 1.807) is 17.9 Å². The third-order valence-corrected chi connectivity index (χ3v) is 5.44. The van der Waals surface area contributed by atoms with Crippen molar-refractivity contribution in [2.24, 2.45) is 5.92 Å². The average molecular weight is 417 g/mol. The maximum Gasteiger partial charge on any atom is 0.256 e. The lowest BCUT2D eigenvalue weighted by molar-refractivity contribution is -0.132. The minimum absolute atomic E-state index is 0.0408. The van der Waals surface area contributed by atoms with Gasteiger partial charge < -0.3 is 20.0 Å². The predicted octanol–water partition coefficient (Wildman–Crippen LogP) is 3.21. The number of benzene rings is 1. The third kappa shape index (κ3) is 5.97. The van der Waals surface area contributed by atoms with Gasteiger partial charge in [-0.05, 0) is 38.0 Å². The van der Waals surface area contributed by atoms with Crippen LogP contribution in [0.15, 0.2) is 18.2 Å². The molecule has 0 atom stereocenters. The molecular formula is C23H36N4O3. The van der Waals surface area contributed by atoms with Crippen molar-refractivity contribution in [3.05, 3.63) is 23.8 Å². The van der Waals surface area contributed by atoms with Gasteiger partial charge in [0, 0.05) is 63.5 Å². The monoisotopic (exact) mass is 416 g/mol. The van der Waals surface area contributed by atoms with E-state index in [0.717, 1.165) is 5.69 Å². The van der Waals surface area contributed by atoms with Crippen LogP contribution in [-0.4, -0.2) is 66.8 Å². The summed E-state index contributed by atoms with van der Waals surface area (Å²) in [5.41, 5.74) is 2.08.